The number of likely N-dealkylation sites (tertiary alicyclic amines) is 1. The van der Waals surface area contributed by atoms with Crippen molar-refractivity contribution in [3.63, 3.8) is 0 Å². The summed E-state index contributed by atoms with van der Waals surface area (Å²) in [5.41, 5.74) is 2.38. The molecule has 0 aliphatic carbocycles. The molecule has 24 heavy (non-hydrogen) atoms. The standard InChI is InChI=1S/C20H28N4/c1-16(2)24-19-11-5-4-10-18(19)22-20(24)17-9-8-14-23(15-17)13-7-3-6-12-21/h4-5,10-11,16-17H,3,6-9,13-15H2,1-2H3. The Morgan fingerprint density at radius 3 is 2.92 bits per heavy atom. The van der Waals surface area contributed by atoms with Gasteiger partial charge in [-0.1, -0.05) is 12.1 Å². The second-order valence-electron chi connectivity index (χ2n) is 7.18. The van der Waals surface area contributed by atoms with Gasteiger partial charge in [0.2, 0.25) is 0 Å². The molecule has 0 bridgehead atoms. The minimum absolute atomic E-state index is 0.429. The predicted molar refractivity (Wildman–Crippen MR) is 98.0 cm³/mol. The fourth-order valence-corrected chi connectivity index (χ4v) is 3.90. The zero-order valence-electron chi connectivity index (χ0n) is 14.9. The molecule has 128 valence electrons. The predicted octanol–water partition coefficient (Wildman–Crippen LogP) is 4.49. The third-order valence-electron chi connectivity index (χ3n) is 5.02. The fraction of sp³-hybridized carbons (Fsp3) is 0.600. The van der Waals surface area contributed by atoms with Crippen LogP contribution in [-0.2, 0) is 0 Å². The first-order valence-corrected chi connectivity index (χ1v) is 9.27. The second kappa shape index (κ2) is 7.81. The highest BCUT2D eigenvalue weighted by Crippen LogP contribution is 2.31. The van der Waals surface area contributed by atoms with Crippen molar-refractivity contribution in [3.8, 4) is 6.07 Å². The topological polar surface area (TPSA) is 44.9 Å². The van der Waals surface area contributed by atoms with E-state index in [1.54, 1.807) is 0 Å². The highest BCUT2D eigenvalue weighted by molar-refractivity contribution is 5.76. The summed E-state index contributed by atoms with van der Waals surface area (Å²) in [6, 6.07) is 11.2. The van der Waals surface area contributed by atoms with Crippen LogP contribution in [0.15, 0.2) is 24.3 Å². The maximum Gasteiger partial charge on any atom is 0.114 e. The van der Waals surface area contributed by atoms with Crippen LogP contribution in [0.4, 0.5) is 0 Å². The van der Waals surface area contributed by atoms with Crippen LogP contribution in [0, 0.1) is 11.3 Å². The Kier molecular flexibility index (Phi) is 5.52. The number of hydrogen-bond acceptors (Lipinski definition) is 3. The Hall–Kier alpha value is -1.86. The molecule has 0 saturated carbocycles. The Bertz CT molecular complexity index is 710. The molecule has 0 spiro atoms. The van der Waals surface area contributed by atoms with Crippen LogP contribution >= 0.6 is 0 Å². The normalized spacial score (nSPS) is 19.0. The summed E-state index contributed by atoms with van der Waals surface area (Å²) in [5.74, 6) is 1.78. The SMILES string of the molecule is CC(C)n1c(C2CCCN(CCCCC#N)C2)nc2ccccc21. The molecular formula is C20H28N4. The molecule has 1 aliphatic rings. The molecule has 1 atom stereocenters. The smallest absolute Gasteiger partial charge is 0.114 e. The average molecular weight is 324 g/mol. The third kappa shape index (κ3) is 3.62. The van der Waals surface area contributed by atoms with Crippen molar-refractivity contribution in [2.45, 2.75) is 57.9 Å². The van der Waals surface area contributed by atoms with E-state index in [1.165, 1.54) is 30.7 Å². The van der Waals surface area contributed by atoms with Crippen LogP contribution in [0.5, 0.6) is 0 Å². The largest absolute Gasteiger partial charge is 0.325 e. The lowest BCUT2D eigenvalue weighted by molar-refractivity contribution is 0.199. The van der Waals surface area contributed by atoms with Crippen LogP contribution in [0.25, 0.3) is 11.0 Å². The molecule has 1 aromatic carbocycles. The number of piperidine rings is 1. The van der Waals surface area contributed by atoms with E-state index in [2.05, 4.69) is 53.6 Å². The maximum atomic E-state index is 8.67. The van der Waals surface area contributed by atoms with Crippen molar-refractivity contribution >= 4 is 11.0 Å². The van der Waals surface area contributed by atoms with Crippen LogP contribution in [0.1, 0.15) is 63.7 Å². The lowest BCUT2D eigenvalue weighted by Crippen LogP contribution is -2.36. The Morgan fingerprint density at radius 2 is 2.12 bits per heavy atom. The van der Waals surface area contributed by atoms with E-state index in [0.717, 1.165) is 31.4 Å². The molecule has 3 rings (SSSR count). The highest BCUT2D eigenvalue weighted by Gasteiger charge is 2.26. The molecule has 1 saturated heterocycles. The van der Waals surface area contributed by atoms with Crippen LogP contribution in [0.2, 0.25) is 0 Å². The number of nitrogens with zero attached hydrogens (tertiary/aromatic N) is 4. The molecular weight excluding hydrogens is 296 g/mol. The van der Waals surface area contributed by atoms with Gasteiger partial charge >= 0.3 is 0 Å². The average Bonchev–Trinajstić information content (AvgIpc) is 2.99. The molecule has 0 N–H and O–H groups in total. The van der Waals surface area contributed by atoms with Crippen LogP contribution in [-0.4, -0.2) is 34.1 Å². The van der Waals surface area contributed by atoms with E-state index < -0.39 is 0 Å². The zero-order chi connectivity index (χ0) is 16.9. The number of aromatic nitrogens is 2. The van der Waals surface area contributed by atoms with Gasteiger partial charge in [0, 0.05) is 24.9 Å². The highest BCUT2D eigenvalue weighted by atomic mass is 15.2. The molecule has 0 radical (unpaired) electrons. The lowest BCUT2D eigenvalue weighted by Gasteiger charge is -2.33. The summed E-state index contributed by atoms with van der Waals surface area (Å²) in [6.07, 6.45) is 5.29. The molecule has 1 fully saturated rings. The number of para-hydroxylation sites is 2. The van der Waals surface area contributed by atoms with Gasteiger partial charge in [0.15, 0.2) is 0 Å². The summed E-state index contributed by atoms with van der Waals surface area (Å²) in [7, 11) is 0. The van der Waals surface area contributed by atoms with Gasteiger partial charge in [0.1, 0.15) is 5.82 Å². The van der Waals surface area contributed by atoms with Gasteiger partial charge in [-0.25, -0.2) is 4.98 Å². The van der Waals surface area contributed by atoms with Gasteiger partial charge in [-0.2, -0.15) is 5.26 Å². The number of imidazole rings is 1. The van der Waals surface area contributed by atoms with E-state index in [0.29, 0.717) is 18.4 Å². The molecule has 1 unspecified atom stereocenters. The zero-order valence-corrected chi connectivity index (χ0v) is 14.9. The fourth-order valence-electron chi connectivity index (χ4n) is 3.90. The van der Waals surface area contributed by atoms with Crippen molar-refractivity contribution in [1.29, 1.82) is 5.26 Å². The van der Waals surface area contributed by atoms with Crippen molar-refractivity contribution in [3.05, 3.63) is 30.1 Å². The number of hydrogen-bond donors (Lipinski definition) is 0. The van der Waals surface area contributed by atoms with Crippen molar-refractivity contribution in [1.82, 2.24) is 14.5 Å². The van der Waals surface area contributed by atoms with E-state index in [1.807, 2.05) is 0 Å². The summed E-state index contributed by atoms with van der Waals surface area (Å²) in [4.78, 5) is 7.56. The van der Waals surface area contributed by atoms with Gasteiger partial charge in [0.25, 0.3) is 0 Å². The quantitative estimate of drug-likeness (QED) is 0.735. The van der Waals surface area contributed by atoms with E-state index in [9.17, 15) is 0 Å². The van der Waals surface area contributed by atoms with E-state index in [4.69, 9.17) is 10.2 Å². The second-order valence-corrected chi connectivity index (χ2v) is 7.18. The Morgan fingerprint density at radius 1 is 1.29 bits per heavy atom. The first kappa shape index (κ1) is 17.0. The first-order valence-electron chi connectivity index (χ1n) is 9.27. The number of benzene rings is 1. The van der Waals surface area contributed by atoms with Crippen LogP contribution < -0.4 is 0 Å². The third-order valence-corrected chi connectivity index (χ3v) is 5.02. The van der Waals surface area contributed by atoms with Crippen molar-refractivity contribution < 1.29 is 0 Å². The number of unbranched alkanes of at least 4 members (excludes halogenated alkanes) is 2. The Balaban J connectivity index is 1.77. The van der Waals surface area contributed by atoms with E-state index >= 15 is 0 Å². The van der Waals surface area contributed by atoms with Crippen molar-refractivity contribution in [2.24, 2.45) is 0 Å². The molecule has 1 aromatic heterocycles. The van der Waals surface area contributed by atoms with Crippen molar-refractivity contribution in [2.75, 3.05) is 19.6 Å². The molecule has 1 aliphatic heterocycles. The monoisotopic (exact) mass is 324 g/mol. The first-order chi connectivity index (χ1) is 11.7. The molecule has 2 heterocycles. The number of nitriles is 1. The number of rotatable bonds is 6. The summed E-state index contributed by atoms with van der Waals surface area (Å²) in [5, 5.41) is 8.67. The summed E-state index contributed by atoms with van der Waals surface area (Å²) < 4.78 is 2.43. The van der Waals surface area contributed by atoms with Gasteiger partial charge in [-0.05, 0) is 64.8 Å². The van der Waals surface area contributed by atoms with E-state index in [-0.39, 0.29) is 0 Å². The number of fused-ring (bicyclic) bond motifs is 1. The van der Waals surface area contributed by atoms with Gasteiger partial charge in [-0.15, -0.1) is 0 Å². The summed E-state index contributed by atoms with van der Waals surface area (Å²) >= 11 is 0. The van der Waals surface area contributed by atoms with Gasteiger partial charge < -0.3 is 9.47 Å². The Labute approximate surface area is 145 Å². The van der Waals surface area contributed by atoms with Crippen LogP contribution in [0.3, 0.4) is 0 Å². The lowest BCUT2D eigenvalue weighted by atomic mass is 9.96. The molecule has 4 nitrogen and oxygen atoms in total. The summed E-state index contributed by atoms with van der Waals surface area (Å²) in [6.45, 7) is 7.90. The molecule has 2 aromatic rings. The molecule has 4 heteroatoms. The maximum absolute atomic E-state index is 8.67. The van der Waals surface area contributed by atoms with Gasteiger partial charge in [0.05, 0.1) is 17.1 Å². The van der Waals surface area contributed by atoms with Gasteiger partial charge in [-0.3, -0.25) is 0 Å². The minimum atomic E-state index is 0.429. The molecule has 0 amide bonds. The minimum Gasteiger partial charge on any atom is -0.325 e.